The Balaban J connectivity index is 1.64. The summed E-state index contributed by atoms with van der Waals surface area (Å²) in [7, 11) is 0. The van der Waals surface area contributed by atoms with Crippen LogP contribution in [0.3, 0.4) is 0 Å². The first-order chi connectivity index (χ1) is 10.1. The van der Waals surface area contributed by atoms with E-state index >= 15 is 0 Å². The lowest BCUT2D eigenvalue weighted by atomic mass is 9.90. The molecule has 1 aliphatic carbocycles. The molecule has 2 aliphatic rings. The third-order valence-electron chi connectivity index (χ3n) is 4.76. The van der Waals surface area contributed by atoms with Gasteiger partial charge >= 0.3 is 0 Å². The average Bonchev–Trinajstić information content (AvgIpc) is 2.48. The van der Waals surface area contributed by atoms with Gasteiger partial charge < -0.3 is 10.6 Å². The summed E-state index contributed by atoms with van der Waals surface area (Å²) in [4.78, 5) is 4.18. The Bertz CT molecular complexity index is 484. The Morgan fingerprint density at radius 1 is 1.05 bits per heavy atom. The van der Waals surface area contributed by atoms with Crippen molar-refractivity contribution < 1.29 is 8.78 Å². The number of nitrogen functional groups attached to an aromatic ring is 1. The van der Waals surface area contributed by atoms with E-state index in [-0.39, 0.29) is 6.42 Å². The molecule has 0 radical (unpaired) electrons. The molecule has 3 nitrogen and oxygen atoms in total. The zero-order chi connectivity index (χ0) is 14.9. The van der Waals surface area contributed by atoms with Crippen LogP contribution in [0.5, 0.6) is 0 Å². The third kappa shape index (κ3) is 2.98. The summed E-state index contributed by atoms with van der Waals surface area (Å²) in [5.74, 6) is -2.52. The Morgan fingerprint density at radius 2 is 1.76 bits per heavy atom. The molecule has 116 valence electrons. The van der Waals surface area contributed by atoms with Gasteiger partial charge in [0.1, 0.15) is 0 Å². The molecule has 1 atom stereocenters. The summed E-state index contributed by atoms with van der Waals surface area (Å²) >= 11 is 0. The molecule has 0 aromatic heterocycles. The fraction of sp³-hybridized carbons (Fsp3) is 0.625. The van der Waals surface area contributed by atoms with E-state index in [1.54, 1.807) is 0 Å². The lowest BCUT2D eigenvalue weighted by molar-refractivity contribution is -0.107. The Morgan fingerprint density at radius 3 is 2.43 bits per heavy atom. The van der Waals surface area contributed by atoms with Gasteiger partial charge in [-0.15, -0.1) is 0 Å². The standard InChI is InChI=1S/C16H23F2N3/c17-16(18)8-4-3-7-15(16)21-11-9-20(10-12-21)14-6-2-1-5-13(14)19/h1-2,5-6,15H,3-4,7-12,19H2. The minimum atomic E-state index is -2.52. The minimum absolute atomic E-state index is 0.0452. The summed E-state index contributed by atoms with van der Waals surface area (Å²) in [5.41, 5.74) is 7.78. The average molecular weight is 295 g/mol. The summed E-state index contributed by atoms with van der Waals surface area (Å²) in [6.07, 6.45) is 2.25. The van der Waals surface area contributed by atoms with Crippen LogP contribution in [0.2, 0.25) is 0 Å². The van der Waals surface area contributed by atoms with Gasteiger partial charge in [0.2, 0.25) is 0 Å². The van der Waals surface area contributed by atoms with Crippen molar-refractivity contribution in [3.8, 4) is 0 Å². The predicted molar refractivity (Wildman–Crippen MR) is 81.8 cm³/mol. The first-order valence-corrected chi connectivity index (χ1v) is 7.79. The number of halogens is 2. The summed E-state index contributed by atoms with van der Waals surface area (Å²) in [6.45, 7) is 2.91. The highest BCUT2D eigenvalue weighted by Crippen LogP contribution is 2.37. The van der Waals surface area contributed by atoms with E-state index in [2.05, 4.69) is 4.90 Å². The van der Waals surface area contributed by atoms with E-state index in [1.807, 2.05) is 29.2 Å². The molecule has 1 heterocycles. The van der Waals surface area contributed by atoms with Gasteiger partial charge in [0.05, 0.1) is 17.4 Å². The van der Waals surface area contributed by atoms with Crippen LogP contribution < -0.4 is 10.6 Å². The second kappa shape index (κ2) is 5.79. The van der Waals surface area contributed by atoms with E-state index in [0.717, 1.165) is 30.9 Å². The smallest absolute Gasteiger partial charge is 0.263 e. The Hall–Kier alpha value is -1.36. The van der Waals surface area contributed by atoms with E-state index in [1.165, 1.54) is 0 Å². The molecule has 21 heavy (non-hydrogen) atoms. The van der Waals surface area contributed by atoms with Crippen molar-refractivity contribution >= 4 is 11.4 Å². The number of benzene rings is 1. The maximum absolute atomic E-state index is 14.1. The van der Waals surface area contributed by atoms with Gasteiger partial charge in [-0.05, 0) is 25.0 Å². The molecule has 1 saturated heterocycles. The first kappa shape index (κ1) is 14.6. The fourth-order valence-corrected chi connectivity index (χ4v) is 3.58. The number of anilines is 2. The number of nitrogens with two attached hydrogens (primary N) is 1. The van der Waals surface area contributed by atoms with E-state index in [4.69, 9.17) is 5.73 Å². The van der Waals surface area contributed by atoms with Crippen molar-refractivity contribution in [2.75, 3.05) is 36.8 Å². The molecular weight excluding hydrogens is 272 g/mol. The highest BCUT2D eigenvalue weighted by Gasteiger charge is 2.45. The molecule has 2 fully saturated rings. The topological polar surface area (TPSA) is 32.5 Å². The van der Waals surface area contributed by atoms with Gasteiger partial charge in [0.25, 0.3) is 5.92 Å². The molecule has 0 amide bonds. The van der Waals surface area contributed by atoms with Crippen LogP contribution in [0.25, 0.3) is 0 Å². The number of rotatable bonds is 2. The van der Waals surface area contributed by atoms with Crippen molar-refractivity contribution in [2.24, 2.45) is 0 Å². The number of nitrogens with zero attached hydrogens (tertiary/aromatic N) is 2. The van der Waals surface area contributed by atoms with Crippen LogP contribution in [-0.4, -0.2) is 43.0 Å². The molecule has 0 bridgehead atoms. The maximum atomic E-state index is 14.1. The fourth-order valence-electron chi connectivity index (χ4n) is 3.58. The first-order valence-electron chi connectivity index (χ1n) is 7.79. The monoisotopic (exact) mass is 295 g/mol. The maximum Gasteiger partial charge on any atom is 0.263 e. The normalized spacial score (nSPS) is 26.8. The number of alkyl halides is 2. The quantitative estimate of drug-likeness (QED) is 0.851. The predicted octanol–water partition coefficient (Wildman–Crippen LogP) is 2.97. The number of hydrogen-bond acceptors (Lipinski definition) is 3. The van der Waals surface area contributed by atoms with Crippen LogP contribution in [0.4, 0.5) is 20.2 Å². The number of hydrogen-bond donors (Lipinski definition) is 1. The lowest BCUT2D eigenvalue weighted by Crippen LogP contribution is -2.56. The van der Waals surface area contributed by atoms with Gasteiger partial charge in [-0.1, -0.05) is 18.6 Å². The third-order valence-corrected chi connectivity index (χ3v) is 4.76. The van der Waals surface area contributed by atoms with Gasteiger partial charge in [-0.25, -0.2) is 8.78 Å². The zero-order valence-electron chi connectivity index (χ0n) is 12.3. The zero-order valence-corrected chi connectivity index (χ0v) is 12.3. The SMILES string of the molecule is Nc1ccccc1N1CCN(C2CCCCC2(F)F)CC1. The lowest BCUT2D eigenvalue weighted by Gasteiger charge is -2.44. The number of piperazine rings is 1. The number of para-hydroxylation sites is 2. The molecule has 1 aliphatic heterocycles. The van der Waals surface area contributed by atoms with Crippen molar-refractivity contribution in [1.82, 2.24) is 4.90 Å². The van der Waals surface area contributed by atoms with Crippen LogP contribution in [0, 0.1) is 0 Å². The van der Waals surface area contributed by atoms with Crippen LogP contribution in [0.1, 0.15) is 25.7 Å². The molecule has 1 aromatic carbocycles. The van der Waals surface area contributed by atoms with Gasteiger partial charge in [-0.2, -0.15) is 0 Å². The molecular formula is C16H23F2N3. The van der Waals surface area contributed by atoms with E-state index < -0.39 is 12.0 Å². The van der Waals surface area contributed by atoms with Gasteiger partial charge in [-0.3, -0.25) is 4.90 Å². The molecule has 1 saturated carbocycles. The summed E-state index contributed by atoms with van der Waals surface area (Å²) in [5, 5.41) is 0. The molecule has 0 spiro atoms. The minimum Gasteiger partial charge on any atom is -0.397 e. The van der Waals surface area contributed by atoms with Crippen molar-refractivity contribution in [1.29, 1.82) is 0 Å². The molecule has 5 heteroatoms. The molecule has 1 aromatic rings. The Labute approximate surface area is 124 Å². The molecule has 1 unspecified atom stereocenters. The summed E-state index contributed by atoms with van der Waals surface area (Å²) < 4.78 is 28.1. The van der Waals surface area contributed by atoms with Crippen LogP contribution in [0.15, 0.2) is 24.3 Å². The highest BCUT2D eigenvalue weighted by atomic mass is 19.3. The largest absolute Gasteiger partial charge is 0.397 e. The highest BCUT2D eigenvalue weighted by molar-refractivity contribution is 5.67. The van der Waals surface area contributed by atoms with Crippen LogP contribution in [-0.2, 0) is 0 Å². The summed E-state index contributed by atoms with van der Waals surface area (Å²) in [6, 6.07) is 7.20. The van der Waals surface area contributed by atoms with Crippen molar-refractivity contribution in [3.63, 3.8) is 0 Å². The van der Waals surface area contributed by atoms with E-state index in [0.29, 0.717) is 25.9 Å². The van der Waals surface area contributed by atoms with E-state index in [9.17, 15) is 8.78 Å². The van der Waals surface area contributed by atoms with Gasteiger partial charge in [0.15, 0.2) is 0 Å². The van der Waals surface area contributed by atoms with Crippen molar-refractivity contribution in [2.45, 2.75) is 37.6 Å². The molecule has 2 N–H and O–H groups in total. The second-order valence-corrected chi connectivity index (χ2v) is 6.10. The second-order valence-electron chi connectivity index (χ2n) is 6.10. The van der Waals surface area contributed by atoms with Crippen molar-refractivity contribution in [3.05, 3.63) is 24.3 Å². The van der Waals surface area contributed by atoms with Gasteiger partial charge in [0, 0.05) is 32.6 Å². The van der Waals surface area contributed by atoms with Crippen LogP contribution >= 0.6 is 0 Å². The Kier molecular flexibility index (Phi) is 4.02. The molecule has 3 rings (SSSR count).